The van der Waals surface area contributed by atoms with Gasteiger partial charge in [0.25, 0.3) is 5.56 Å². The van der Waals surface area contributed by atoms with Gasteiger partial charge < -0.3 is 0 Å². The molecule has 1 aromatic rings. The van der Waals surface area contributed by atoms with Crippen molar-refractivity contribution in [3.05, 3.63) is 27.7 Å². The van der Waals surface area contributed by atoms with Gasteiger partial charge in [0.15, 0.2) is 0 Å². The van der Waals surface area contributed by atoms with E-state index in [1.807, 2.05) is 6.07 Å². The van der Waals surface area contributed by atoms with Gasteiger partial charge in [-0.1, -0.05) is 12.8 Å². The van der Waals surface area contributed by atoms with Gasteiger partial charge in [0, 0.05) is 18.2 Å². The summed E-state index contributed by atoms with van der Waals surface area (Å²) < 4.78 is 1.75. The second-order valence-corrected chi connectivity index (χ2v) is 6.96. The van der Waals surface area contributed by atoms with Crippen molar-refractivity contribution in [2.45, 2.75) is 76.4 Å². The molecule has 0 radical (unpaired) electrons. The first-order chi connectivity index (χ1) is 10.3. The van der Waals surface area contributed by atoms with Crippen molar-refractivity contribution >= 4 is 0 Å². The molecule has 1 aromatic heterocycles. The molecule has 2 heterocycles. The lowest BCUT2D eigenvalue weighted by molar-refractivity contribution is 0.162. The zero-order chi connectivity index (χ0) is 14.2. The molecule has 1 saturated heterocycles. The summed E-state index contributed by atoms with van der Waals surface area (Å²) in [6.07, 6.45) is 11.2. The van der Waals surface area contributed by atoms with Gasteiger partial charge in [-0.3, -0.25) is 9.69 Å². The molecular formula is C17H25N3O. The fourth-order valence-electron chi connectivity index (χ4n) is 4.54. The molecule has 21 heavy (non-hydrogen) atoms. The van der Waals surface area contributed by atoms with Crippen LogP contribution in [0.5, 0.6) is 0 Å². The van der Waals surface area contributed by atoms with E-state index in [9.17, 15) is 4.79 Å². The maximum absolute atomic E-state index is 12.3. The normalized spacial score (nSPS) is 26.6. The predicted molar refractivity (Wildman–Crippen MR) is 82.5 cm³/mol. The Labute approximate surface area is 126 Å². The van der Waals surface area contributed by atoms with Crippen LogP contribution < -0.4 is 5.56 Å². The van der Waals surface area contributed by atoms with Crippen molar-refractivity contribution in [3.8, 4) is 0 Å². The van der Waals surface area contributed by atoms with Gasteiger partial charge in [-0.05, 0) is 57.1 Å². The van der Waals surface area contributed by atoms with Gasteiger partial charge in [0.1, 0.15) is 0 Å². The van der Waals surface area contributed by atoms with Crippen LogP contribution in [-0.4, -0.2) is 33.3 Å². The summed E-state index contributed by atoms with van der Waals surface area (Å²) in [5.41, 5.74) is 2.46. The molecule has 0 bridgehead atoms. The largest absolute Gasteiger partial charge is 0.296 e. The third-order valence-corrected chi connectivity index (χ3v) is 5.62. The van der Waals surface area contributed by atoms with Gasteiger partial charge in [-0.25, -0.2) is 4.68 Å². The maximum Gasteiger partial charge on any atom is 0.267 e. The van der Waals surface area contributed by atoms with Crippen LogP contribution in [0.2, 0.25) is 0 Å². The number of aromatic nitrogens is 2. The summed E-state index contributed by atoms with van der Waals surface area (Å²) in [7, 11) is 0. The summed E-state index contributed by atoms with van der Waals surface area (Å²) in [5.74, 6) is 0. The van der Waals surface area contributed by atoms with E-state index < -0.39 is 0 Å². The molecule has 0 spiro atoms. The molecule has 3 aliphatic rings. The third-order valence-electron chi connectivity index (χ3n) is 5.62. The molecule has 0 N–H and O–H groups in total. The van der Waals surface area contributed by atoms with E-state index in [0.717, 1.165) is 31.8 Å². The first-order valence-corrected chi connectivity index (χ1v) is 8.67. The summed E-state index contributed by atoms with van der Waals surface area (Å²) in [5, 5.41) is 4.65. The first-order valence-electron chi connectivity index (χ1n) is 8.67. The predicted octanol–water partition coefficient (Wildman–Crippen LogP) is 2.14. The zero-order valence-electron chi connectivity index (χ0n) is 12.8. The van der Waals surface area contributed by atoms with Gasteiger partial charge in [0.2, 0.25) is 0 Å². The Kier molecular flexibility index (Phi) is 3.57. The van der Waals surface area contributed by atoms with Crippen LogP contribution in [-0.2, 0) is 19.4 Å². The smallest absolute Gasteiger partial charge is 0.267 e. The molecule has 2 aliphatic carbocycles. The molecular weight excluding hydrogens is 262 g/mol. The number of aryl methyl sites for hydroxylation is 2. The second-order valence-electron chi connectivity index (χ2n) is 6.96. The SMILES string of the molecule is O=c1cc2c(nn1CC1CCCN1C1CCCC1)CCC2. The Balaban J connectivity index is 1.53. The Morgan fingerprint density at radius 2 is 1.95 bits per heavy atom. The molecule has 1 saturated carbocycles. The van der Waals surface area contributed by atoms with E-state index in [1.54, 1.807) is 4.68 Å². The topological polar surface area (TPSA) is 38.1 Å². The van der Waals surface area contributed by atoms with Crippen molar-refractivity contribution in [1.29, 1.82) is 0 Å². The molecule has 0 amide bonds. The molecule has 1 aliphatic heterocycles. The zero-order valence-corrected chi connectivity index (χ0v) is 12.8. The van der Waals surface area contributed by atoms with Crippen molar-refractivity contribution in [2.24, 2.45) is 0 Å². The van der Waals surface area contributed by atoms with Crippen LogP contribution in [0.4, 0.5) is 0 Å². The second kappa shape index (κ2) is 5.56. The number of nitrogens with zero attached hydrogens (tertiary/aromatic N) is 3. The molecule has 4 nitrogen and oxygen atoms in total. The Hall–Kier alpha value is -1.16. The molecule has 1 unspecified atom stereocenters. The molecule has 2 fully saturated rings. The van der Waals surface area contributed by atoms with Crippen molar-refractivity contribution < 1.29 is 0 Å². The molecule has 4 rings (SSSR count). The van der Waals surface area contributed by atoms with E-state index in [1.165, 1.54) is 56.3 Å². The van der Waals surface area contributed by atoms with Crippen LogP contribution in [0, 0.1) is 0 Å². The van der Waals surface area contributed by atoms with Crippen molar-refractivity contribution in [1.82, 2.24) is 14.7 Å². The molecule has 4 heteroatoms. The highest BCUT2D eigenvalue weighted by atomic mass is 16.1. The lowest BCUT2D eigenvalue weighted by atomic mass is 10.1. The molecule has 0 aromatic carbocycles. The number of rotatable bonds is 3. The summed E-state index contributed by atoms with van der Waals surface area (Å²) in [4.78, 5) is 15.0. The maximum atomic E-state index is 12.3. The van der Waals surface area contributed by atoms with Crippen LogP contribution >= 0.6 is 0 Å². The van der Waals surface area contributed by atoms with E-state index in [4.69, 9.17) is 0 Å². The highest BCUT2D eigenvalue weighted by Crippen LogP contribution is 2.30. The van der Waals surface area contributed by atoms with Gasteiger partial charge >= 0.3 is 0 Å². The summed E-state index contributed by atoms with van der Waals surface area (Å²) in [6.45, 7) is 2.01. The lowest BCUT2D eigenvalue weighted by Gasteiger charge is -2.30. The highest BCUT2D eigenvalue weighted by molar-refractivity contribution is 5.22. The van der Waals surface area contributed by atoms with E-state index in [-0.39, 0.29) is 5.56 Å². The average Bonchev–Trinajstić information content (AvgIpc) is 3.18. The van der Waals surface area contributed by atoms with Gasteiger partial charge in [-0.2, -0.15) is 5.10 Å². The average molecular weight is 287 g/mol. The van der Waals surface area contributed by atoms with E-state index >= 15 is 0 Å². The third kappa shape index (κ3) is 2.54. The van der Waals surface area contributed by atoms with Gasteiger partial charge in [0.05, 0.1) is 12.2 Å². The van der Waals surface area contributed by atoms with Crippen molar-refractivity contribution in [2.75, 3.05) is 6.54 Å². The summed E-state index contributed by atoms with van der Waals surface area (Å²) >= 11 is 0. The fraction of sp³-hybridized carbons (Fsp3) is 0.765. The fourth-order valence-corrected chi connectivity index (χ4v) is 4.54. The minimum absolute atomic E-state index is 0.105. The van der Waals surface area contributed by atoms with E-state index in [0.29, 0.717) is 6.04 Å². The van der Waals surface area contributed by atoms with Crippen LogP contribution in [0.1, 0.15) is 56.2 Å². The number of hydrogen-bond acceptors (Lipinski definition) is 3. The Bertz CT molecular complexity index is 574. The van der Waals surface area contributed by atoms with Gasteiger partial charge in [-0.15, -0.1) is 0 Å². The van der Waals surface area contributed by atoms with Crippen LogP contribution in [0.15, 0.2) is 10.9 Å². The Morgan fingerprint density at radius 3 is 2.81 bits per heavy atom. The first kappa shape index (κ1) is 13.5. The highest BCUT2D eigenvalue weighted by Gasteiger charge is 2.32. The van der Waals surface area contributed by atoms with E-state index in [2.05, 4.69) is 10.00 Å². The standard InChI is InChI=1S/C17H25N3O/c21-17-11-13-5-3-9-16(13)18-20(17)12-15-8-4-10-19(15)14-6-1-2-7-14/h11,14-15H,1-10,12H2. The van der Waals surface area contributed by atoms with Crippen molar-refractivity contribution in [3.63, 3.8) is 0 Å². The number of likely N-dealkylation sites (tertiary alicyclic amines) is 1. The number of fused-ring (bicyclic) bond motifs is 1. The molecule has 114 valence electrons. The minimum atomic E-state index is 0.105. The number of hydrogen-bond donors (Lipinski definition) is 0. The van der Waals surface area contributed by atoms with Crippen LogP contribution in [0.3, 0.4) is 0 Å². The van der Waals surface area contributed by atoms with Crippen LogP contribution in [0.25, 0.3) is 0 Å². The summed E-state index contributed by atoms with van der Waals surface area (Å²) in [6, 6.07) is 3.13. The Morgan fingerprint density at radius 1 is 1.10 bits per heavy atom. The lowest BCUT2D eigenvalue weighted by Crippen LogP contribution is -2.42. The monoisotopic (exact) mass is 287 g/mol. The minimum Gasteiger partial charge on any atom is -0.296 e. The molecule has 1 atom stereocenters. The quantitative estimate of drug-likeness (QED) is 0.855.